The van der Waals surface area contributed by atoms with Gasteiger partial charge in [-0.1, -0.05) is 11.6 Å². The van der Waals surface area contributed by atoms with Gasteiger partial charge in [0.1, 0.15) is 5.15 Å². The predicted octanol–water partition coefficient (Wildman–Crippen LogP) is 2.19. The molecule has 13 heavy (non-hydrogen) atoms. The third kappa shape index (κ3) is 1.81. The monoisotopic (exact) mass is 191 g/mol. The Labute approximate surface area is 80.5 Å². The first-order valence-corrected chi connectivity index (χ1v) is 4.12. The standard InChI is InChI=1S/C9H6ClN3/c10-9-6-12-8(5-13-9)7-2-1-3-11-4-7/h1-6H. The zero-order valence-corrected chi connectivity index (χ0v) is 7.44. The van der Waals surface area contributed by atoms with Crippen LogP contribution in [0.5, 0.6) is 0 Å². The maximum atomic E-state index is 5.61. The summed E-state index contributed by atoms with van der Waals surface area (Å²) in [6.45, 7) is 0. The van der Waals surface area contributed by atoms with Crippen LogP contribution in [0, 0.1) is 0 Å². The summed E-state index contributed by atoms with van der Waals surface area (Å²) >= 11 is 5.61. The fraction of sp³-hybridized carbons (Fsp3) is 0. The van der Waals surface area contributed by atoms with E-state index in [-0.39, 0.29) is 0 Å². The van der Waals surface area contributed by atoms with Gasteiger partial charge in [-0.3, -0.25) is 9.97 Å². The largest absolute Gasteiger partial charge is 0.264 e. The average Bonchev–Trinajstić information content (AvgIpc) is 2.20. The molecule has 2 rings (SSSR count). The molecule has 64 valence electrons. The zero-order valence-electron chi connectivity index (χ0n) is 6.68. The molecule has 2 heterocycles. The van der Waals surface area contributed by atoms with Crippen molar-refractivity contribution in [3.05, 3.63) is 42.1 Å². The lowest BCUT2D eigenvalue weighted by Crippen LogP contribution is -1.85. The second-order valence-corrected chi connectivity index (χ2v) is 2.85. The van der Waals surface area contributed by atoms with Crippen LogP contribution in [0.2, 0.25) is 5.15 Å². The smallest absolute Gasteiger partial charge is 0.147 e. The van der Waals surface area contributed by atoms with Gasteiger partial charge in [0.05, 0.1) is 18.1 Å². The summed E-state index contributed by atoms with van der Waals surface area (Å²) in [5, 5.41) is 0.396. The number of nitrogens with zero attached hydrogens (tertiary/aromatic N) is 3. The van der Waals surface area contributed by atoms with Crippen molar-refractivity contribution in [1.29, 1.82) is 0 Å². The van der Waals surface area contributed by atoms with Gasteiger partial charge in [0.2, 0.25) is 0 Å². The SMILES string of the molecule is Clc1cnc(-c2cccnc2)cn1. The first-order chi connectivity index (χ1) is 6.36. The topological polar surface area (TPSA) is 38.7 Å². The van der Waals surface area contributed by atoms with Crippen molar-refractivity contribution < 1.29 is 0 Å². The van der Waals surface area contributed by atoms with Crippen molar-refractivity contribution in [1.82, 2.24) is 15.0 Å². The lowest BCUT2D eigenvalue weighted by molar-refractivity contribution is 1.19. The van der Waals surface area contributed by atoms with Crippen LogP contribution >= 0.6 is 11.6 Å². The Hall–Kier alpha value is -1.48. The summed E-state index contributed by atoms with van der Waals surface area (Å²) in [4.78, 5) is 12.0. The average molecular weight is 192 g/mol. The van der Waals surface area contributed by atoms with E-state index in [0.717, 1.165) is 11.3 Å². The van der Waals surface area contributed by atoms with Crippen LogP contribution in [0.4, 0.5) is 0 Å². The van der Waals surface area contributed by atoms with Crippen LogP contribution in [0.1, 0.15) is 0 Å². The van der Waals surface area contributed by atoms with E-state index in [4.69, 9.17) is 11.6 Å². The van der Waals surface area contributed by atoms with E-state index in [2.05, 4.69) is 15.0 Å². The first-order valence-electron chi connectivity index (χ1n) is 3.74. The minimum absolute atomic E-state index is 0.396. The van der Waals surface area contributed by atoms with Crippen molar-refractivity contribution in [2.24, 2.45) is 0 Å². The molecule has 0 radical (unpaired) electrons. The lowest BCUT2D eigenvalue weighted by atomic mass is 10.2. The molecule has 2 aromatic heterocycles. The van der Waals surface area contributed by atoms with E-state index in [1.807, 2.05) is 12.1 Å². The third-order valence-corrected chi connectivity index (χ3v) is 1.77. The molecule has 4 heteroatoms. The van der Waals surface area contributed by atoms with E-state index < -0.39 is 0 Å². The molecule has 0 bridgehead atoms. The van der Waals surface area contributed by atoms with Crippen LogP contribution in [0.25, 0.3) is 11.3 Å². The van der Waals surface area contributed by atoms with Crippen LogP contribution in [-0.4, -0.2) is 15.0 Å². The molecule has 0 aliphatic carbocycles. The number of hydrogen-bond donors (Lipinski definition) is 0. The molecule has 0 unspecified atom stereocenters. The molecule has 0 atom stereocenters. The second kappa shape index (κ2) is 3.49. The number of aromatic nitrogens is 3. The Bertz CT molecular complexity index is 385. The minimum atomic E-state index is 0.396. The molecule has 0 aliphatic rings. The van der Waals surface area contributed by atoms with Gasteiger partial charge in [0.15, 0.2) is 0 Å². The summed E-state index contributed by atoms with van der Waals surface area (Å²) in [7, 11) is 0. The molecule has 0 spiro atoms. The molecule has 0 N–H and O–H groups in total. The van der Waals surface area contributed by atoms with E-state index in [9.17, 15) is 0 Å². The van der Waals surface area contributed by atoms with Gasteiger partial charge in [-0.25, -0.2) is 4.98 Å². The predicted molar refractivity (Wildman–Crippen MR) is 50.3 cm³/mol. The second-order valence-electron chi connectivity index (χ2n) is 2.47. The molecular formula is C9H6ClN3. The molecule has 0 saturated carbocycles. The molecule has 3 nitrogen and oxygen atoms in total. The van der Waals surface area contributed by atoms with Crippen LogP contribution < -0.4 is 0 Å². The van der Waals surface area contributed by atoms with Gasteiger partial charge in [-0.2, -0.15) is 0 Å². The Morgan fingerprint density at radius 2 is 2.00 bits per heavy atom. The summed E-state index contributed by atoms with van der Waals surface area (Å²) in [6.07, 6.45) is 6.59. The maximum absolute atomic E-state index is 5.61. The van der Waals surface area contributed by atoms with Crippen molar-refractivity contribution in [2.45, 2.75) is 0 Å². The molecule has 0 aromatic carbocycles. The summed E-state index contributed by atoms with van der Waals surface area (Å²) in [5.74, 6) is 0. The first kappa shape index (κ1) is 8.13. The van der Waals surface area contributed by atoms with Gasteiger partial charge >= 0.3 is 0 Å². The highest BCUT2D eigenvalue weighted by atomic mass is 35.5. The minimum Gasteiger partial charge on any atom is -0.264 e. The van der Waals surface area contributed by atoms with Gasteiger partial charge in [0, 0.05) is 18.0 Å². The van der Waals surface area contributed by atoms with Crippen LogP contribution in [0.15, 0.2) is 36.9 Å². The van der Waals surface area contributed by atoms with Gasteiger partial charge < -0.3 is 0 Å². The van der Waals surface area contributed by atoms with E-state index >= 15 is 0 Å². The van der Waals surface area contributed by atoms with E-state index in [1.54, 1.807) is 18.6 Å². The molecule has 0 aliphatic heterocycles. The highest BCUT2D eigenvalue weighted by Crippen LogP contribution is 2.14. The lowest BCUT2D eigenvalue weighted by Gasteiger charge is -1.97. The molecule has 0 saturated heterocycles. The van der Waals surface area contributed by atoms with Crippen molar-refractivity contribution in [3.8, 4) is 11.3 Å². The molecule has 2 aromatic rings. The molecule has 0 fully saturated rings. The Morgan fingerprint density at radius 1 is 1.08 bits per heavy atom. The maximum Gasteiger partial charge on any atom is 0.147 e. The fourth-order valence-corrected chi connectivity index (χ4v) is 1.07. The van der Waals surface area contributed by atoms with Gasteiger partial charge in [0.25, 0.3) is 0 Å². The Balaban J connectivity index is 2.42. The number of halogens is 1. The summed E-state index contributed by atoms with van der Waals surface area (Å²) in [6, 6.07) is 3.77. The Kier molecular flexibility index (Phi) is 2.19. The number of rotatable bonds is 1. The zero-order chi connectivity index (χ0) is 9.10. The summed E-state index contributed by atoms with van der Waals surface area (Å²) < 4.78 is 0. The van der Waals surface area contributed by atoms with Gasteiger partial charge in [-0.15, -0.1) is 0 Å². The molecule has 0 amide bonds. The van der Waals surface area contributed by atoms with E-state index in [1.165, 1.54) is 6.20 Å². The van der Waals surface area contributed by atoms with Gasteiger partial charge in [-0.05, 0) is 12.1 Å². The van der Waals surface area contributed by atoms with Crippen molar-refractivity contribution in [2.75, 3.05) is 0 Å². The number of pyridine rings is 1. The van der Waals surface area contributed by atoms with Crippen LogP contribution in [0.3, 0.4) is 0 Å². The fourth-order valence-electron chi connectivity index (χ4n) is 0.976. The van der Waals surface area contributed by atoms with Crippen molar-refractivity contribution >= 4 is 11.6 Å². The van der Waals surface area contributed by atoms with E-state index in [0.29, 0.717) is 5.15 Å². The summed E-state index contributed by atoms with van der Waals surface area (Å²) in [5.41, 5.74) is 1.71. The highest BCUT2D eigenvalue weighted by molar-refractivity contribution is 6.29. The van der Waals surface area contributed by atoms with Crippen molar-refractivity contribution in [3.63, 3.8) is 0 Å². The highest BCUT2D eigenvalue weighted by Gasteiger charge is 1.98. The third-order valence-electron chi connectivity index (χ3n) is 1.58. The number of hydrogen-bond acceptors (Lipinski definition) is 3. The molecular weight excluding hydrogens is 186 g/mol. The Morgan fingerprint density at radius 3 is 2.62 bits per heavy atom. The quantitative estimate of drug-likeness (QED) is 0.694. The normalized spacial score (nSPS) is 9.92. The van der Waals surface area contributed by atoms with Crippen LogP contribution in [-0.2, 0) is 0 Å².